The van der Waals surface area contributed by atoms with Gasteiger partial charge in [-0.15, -0.1) is 0 Å². The summed E-state index contributed by atoms with van der Waals surface area (Å²) in [6, 6.07) is 2.89. The number of esters is 1. The predicted octanol–water partition coefficient (Wildman–Crippen LogP) is 3.85. The third-order valence-electron chi connectivity index (χ3n) is 8.80. The van der Waals surface area contributed by atoms with Crippen molar-refractivity contribution in [2.24, 2.45) is 5.92 Å². The maximum atomic E-state index is 14.2. The Balaban J connectivity index is 1.76. The minimum atomic E-state index is -5.39. The van der Waals surface area contributed by atoms with Crippen LogP contribution in [0.4, 0.5) is 44.3 Å². The van der Waals surface area contributed by atoms with Crippen LogP contribution < -0.4 is 15.2 Å². The number of carbonyl (C=O) groups is 5. The molecule has 2 saturated heterocycles. The monoisotopic (exact) mass is 971 g/mol. The normalized spacial score (nSPS) is 21.8. The summed E-state index contributed by atoms with van der Waals surface area (Å²) >= 11 is 0. The van der Waals surface area contributed by atoms with Gasteiger partial charge in [-0.2, -0.15) is 39.5 Å². The first-order valence-corrected chi connectivity index (χ1v) is 21.2. The molecule has 2 aliphatic rings. The number of halogens is 9. The molecule has 3 rings (SSSR count). The summed E-state index contributed by atoms with van der Waals surface area (Å²) in [6.45, 7) is -4.04. The molecule has 358 valence electrons. The number of alkyl halides is 9. The molecule has 0 spiro atoms. The zero-order valence-corrected chi connectivity index (χ0v) is 34.7. The van der Waals surface area contributed by atoms with Crippen LogP contribution >= 0.6 is 15.6 Å². The third kappa shape index (κ3) is 17.4. The van der Waals surface area contributed by atoms with Crippen LogP contribution in [0.3, 0.4) is 0 Å². The number of alkyl carbamates (subject to hydrolysis) is 1. The van der Waals surface area contributed by atoms with Gasteiger partial charge in [-0.05, 0) is 17.7 Å². The number of quaternary nitrogens is 1. The number of ketones is 1. The summed E-state index contributed by atoms with van der Waals surface area (Å²) in [5.41, 5.74) is -0.770. The fraction of sp³-hybridized carbons (Fsp3) is 0.656. The molecule has 20 nitrogen and oxygen atoms in total. The first kappa shape index (κ1) is 53.3. The van der Waals surface area contributed by atoms with Crippen molar-refractivity contribution in [3.63, 3.8) is 0 Å². The van der Waals surface area contributed by atoms with Crippen molar-refractivity contribution in [3.05, 3.63) is 29.3 Å². The summed E-state index contributed by atoms with van der Waals surface area (Å²) in [7, 11) is -9.66. The lowest BCUT2D eigenvalue weighted by atomic mass is 10.1. The maximum Gasteiger partial charge on any atom is 0.530 e. The Hall–Kier alpha value is -4.08. The number of carbonyl (C=O) groups excluding carboxylic acids is 5. The molecule has 1 aromatic carbocycles. The van der Waals surface area contributed by atoms with E-state index in [1.807, 2.05) is 0 Å². The van der Waals surface area contributed by atoms with E-state index in [1.54, 1.807) is 5.32 Å². The van der Waals surface area contributed by atoms with Crippen molar-refractivity contribution in [1.29, 1.82) is 0 Å². The smallest absolute Gasteiger partial charge is 0.454 e. The van der Waals surface area contributed by atoms with Crippen molar-refractivity contribution in [2.45, 2.75) is 64.2 Å². The molecule has 0 aromatic heterocycles. The van der Waals surface area contributed by atoms with Crippen LogP contribution in [0.1, 0.15) is 42.6 Å². The van der Waals surface area contributed by atoms with Crippen LogP contribution in [0.25, 0.3) is 0 Å². The van der Waals surface area contributed by atoms with Crippen molar-refractivity contribution in [3.8, 4) is 5.75 Å². The zero-order valence-electron chi connectivity index (χ0n) is 33.0. The fourth-order valence-electron chi connectivity index (χ4n) is 5.57. The van der Waals surface area contributed by atoms with Crippen molar-refractivity contribution < 1.29 is 119 Å². The molecule has 2 unspecified atom stereocenters. The molecular weight excluding hydrogens is 929 g/mol. The van der Waals surface area contributed by atoms with Crippen molar-refractivity contribution >= 4 is 45.3 Å². The molecular formula is C32H42F9N4O16P2+. The highest BCUT2D eigenvalue weighted by atomic mass is 31.2. The molecule has 4 N–H and O–H groups in total. The molecule has 2 atom stereocenters. The number of nitrogens with one attached hydrogen (secondary N) is 2. The van der Waals surface area contributed by atoms with Gasteiger partial charge in [-0.1, -0.05) is 19.9 Å². The average Bonchev–Trinajstić information content (AvgIpc) is 3.38. The van der Waals surface area contributed by atoms with E-state index >= 15 is 0 Å². The van der Waals surface area contributed by atoms with Crippen LogP contribution in [0, 0.1) is 5.92 Å². The summed E-state index contributed by atoms with van der Waals surface area (Å²) in [6.07, 6.45) is -22.9. The number of benzene rings is 1. The number of amides is 3. The summed E-state index contributed by atoms with van der Waals surface area (Å²) in [5, 5.41) is 2.98. The average molecular weight is 972 g/mol. The number of hydrogen-bond donors (Lipinski definition) is 4. The van der Waals surface area contributed by atoms with Crippen LogP contribution in [0.2, 0.25) is 0 Å². The largest absolute Gasteiger partial charge is 0.530 e. The first-order valence-electron chi connectivity index (χ1n) is 18.3. The van der Waals surface area contributed by atoms with Gasteiger partial charge in [0.05, 0.1) is 39.4 Å². The van der Waals surface area contributed by atoms with Gasteiger partial charge in [0.25, 0.3) is 0 Å². The van der Waals surface area contributed by atoms with Gasteiger partial charge in [0.1, 0.15) is 24.0 Å². The molecule has 2 heterocycles. The number of phosphoric ester groups is 2. The van der Waals surface area contributed by atoms with Gasteiger partial charge in [-0.3, -0.25) is 42.5 Å². The second kappa shape index (κ2) is 21.7. The highest BCUT2D eigenvalue weighted by Gasteiger charge is 2.47. The lowest BCUT2D eigenvalue weighted by molar-refractivity contribution is -0.945. The Morgan fingerprint density at radius 3 is 2.19 bits per heavy atom. The quantitative estimate of drug-likeness (QED) is 0.0407. The molecule has 2 fully saturated rings. The summed E-state index contributed by atoms with van der Waals surface area (Å²) < 4.78 is 178. The zero-order chi connectivity index (χ0) is 47.6. The van der Waals surface area contributed by atoms with Crippen LogP contribution in [0.15, 0.2) is 18.2 Å². The molecule has 0 radical (unpaired) electrons. The topological polar surface area (TPSA) is 252 Å². The third-order valence-corrected chi connectivity index (χ3v) is 10.7. The van der Waals surface area contributed by atoms with Crippen LogP contribution in [-0.4, -0.2) is 146 Å². The van der Waals surface area contributed by atoms with Gasteiger partial charge in [0, 0.05) is 31.8 Å². The minimum absolute atomic E-state index is 0.160. The predicted molar refractivity (Wildman–Crippen MR) is 189 cm³/mol. The van der Waals surface area contributed by atoms with Crippen molar-refractivity contribution in [1.82, 2.24) is 15.5 Å². The van der Waals surface area contributed by atoms with E-state index in [-0.39, 0.29) is 31.5 Å². The van der Waals surface area contributed by atoms with E-state index in [4.69, 9.17) is 37.6 Å². The highest BCUT2D eigenvalue weighted by Crippen LogP contribution is 2.54. The van der Waals surface area contributed by atoms with E-state index in [2.05, 4.69) is 4.52 Å². The van der Waals surface area contributed by atoms with Crippen molar-refractivity contribution in [2.75, 3.05) is 65.8 Å². The Morgan fingerprint density at radius 1 is 0.968 bits per heavy atom. The number of Topliss-reactive ketones (excluding diaryl/α,β-unsaturated/α-hetero) is 1. The first-order chi connectivity index (χ1) is 28.9. The molecule has 2 aliphatic heterocycles. The highest BCUT2D eigenvalue weighted by molar-refractivity contribution is 7.49. The van der Waals surface area contributed by atoms with Crippen LogP contribution in [0.5, 0.6) is 5.75 Å². The van der Waals surface area contributed by atoms with Gasteiger partial charge in [-0.25, -0.2) is 18.7 Å². The van der Waals surface area contributed by atoms with Gasteiger partial charge in [0.15, 0.2) is 19.1 Å². The molecule has 3 amide bonds. The Bertz CT molecular complexity index is 1890. The minimum Gasteiger partial charge on any atom is -0.454 e. The van der Waals surface area contributed by atoms with E-state index in [9.17, 15) is 72.6 Å². The van der Waals surface area contributed by atoms with E-state index in [0.29, 0.717) is 4.90 Å². The number of ether oxygens (including phenoxy) is 3. The second-order valence-corrected chi connectivity index (χ2v) is 16.9. The summed E-state index contributed by atoms with van der Waals surface area (Å²) in [5.74, 6) is -7.56. The molecule has 63 heavy (non-hydrogen) atoms. The number of rotatable bonds is 18. The van der Waals surface area contributed by atoms with E-state index in [0.717, 1.165) is 18.2 Å². The molecule has 0 bridgehead atoms. The van der Waals surface area contributed by atoms with E-state index < -0.39 is 157 Å². The molecule has 1 aromatic rings. The molecule has 0 aliphatic carbocycles. The van der Waals surface area contributed by atoms with Gasteiger partial charge >= 0.3 is 58.1 Å². The lowest BCUT2D eigenvalue weighted by Gasteiger charge is -2.38. The van der Waals surface area contributed by atoms with E-state index in [1.165, 1.54) is 19.2 Å². The Labute approximate surface area is 351 Å². The summed E-state index contributed by atoms with van der Waals surface area (Å²) in [4.78, 5) is 79.3. The fourth-order valence-corrected chi connectivity index (χ4v) is 7.36. The van der Waals surface area contributed by atoms with Crippen LogP contribution in [-0.2, 0) is 57.9 Å². The maximum absolute atomic E-state index is 14.2. The molecule has 31 heteroatoms. The number of nitrogens with zero attached hydrogens (tertiary/aromatic N) is 2. The second-order valence-electron chi connectivity index (χ2n) is 14.1. The standard InChI is InChI=1S/C32H41F9N4O16P2/c1-19(2)23(46)17-55-25(47)22-13-20(5-6-24(22)61-63(54)58-15-21(16-59-63)60-62(51,52)53)14-56-29(50)43-27(31(36,37)38)57-18-45(10-3-7-42-26(48)30(33,34)35)11-4-8-44(9-12-45)28(49)32(39,40)41/h5-6,13,19,21,27H,3-4,7-12,14-18H2,1-2H3,(H3-,42,43,48,50,51,52,53)/p+1. The Kier molecular flexibility index (Phi) is 18.4. The SMILES string of the molecule is CC(C)C(=O)COC(=O)c1cc(COC(=O)NC(OC[N+]2(CCCNC(=O)C(F)(F)F)CCCN(C(=O)C(F)(F)F)CC2)C(F)(F)F)ccc1OP1(=O)OCC(OP(=O)(O)O)CO1. The van der Waals surface area contributed by atoms with Gasteiger partial charge in [0.2, 0.25) is 6.23 Å². The number of phosphoric acid groups is 2. The lowest BCUT2D eigenvalue weighted by Crippen LogP contribution is -2.57. The number of hydrogen-bond acceptors (Lipinski definition) is 14. The Morgan fingerprint density at radius 2 is 1.62 bits per heavy atom. The molecule has 0 saturated carbocycles. The van der Waals surface area contributed by atoms with Gasteiger partial charge < -0.3 is 34.0 Å².